The van der Waals surface area contributed by atoms with E-state index >= 15 is 0 Å². The van der Waals surface area contributed by atoms with Gasteiger partial charge in [-0.3, -0.25) is 4.79 Å². The van der Waals surface area contributed by atoms with E-state index in [0.717, 1.165) is 16.9 Å². The summed E-state index contributed by atoms with van der Waals surface area (Å²) in [5.74, 6) is -0.400. The van der Waals surface area contributed by atoms with Crippen LogP contribution in [0.3, 0.4) is 0 Å². The third kappa shape index (κ3) is 5.29. The van der Waals surface area contributed by atoms with Crippen molar-refractivity contribution in [2.75, 3.05) is 5.32 Å². The van der Waals surface area contributed by atoms with Crippen LogP contribution in [0.2, 0.25) is 5.15 Å². The Hall–Kier alpha value is -4.27. The van der Waals surface area contributed by atoms with Crippen molar-refractivity contribution in [1.29, 1.82) is 0 Å². The van der Waals surface area contributed by atoms with Crippen LogP contribution in [-0.2, 0) is 0 Å². The molecule has 35 heavy (non-hydrogen) atoms. The summed E-state index contributed by atoms with van der Waals surface area (Å²) >= 11 is 7.59. The van der Waals surface area contributed by atoms with Crippen LogP contribution in [0.15, 0.2) is 102 Å². The number of aromatic nitrogens is 3. The van der Waals surface area contributed by atoms with Gasteiger partial charge in [0, 0.05) is 11.3 Å². The molecule has 0 saturated carbocycles. The van der Waals surface area contributed by atoms with E-state index in [1.807, 2.05) is 91.0 Å². The number of hydrazone groups is 1. The molecule has 1 amide bonds. The predicted molar refractivity (Wildman–Crippen MR) is 141 cm³/mol. The van der Waals surface area contributed by atoms with Gasteiger partial charge in [0.15, 0.2) is 10.3 Å². The maximum Gasteiger partial charge on any atom is 0.290 e. The number of para-hydroxylation sites is 2. The second-order valence-electron chi connectivity index (χ2n) is 7.39. The Balaban J connectivity index is 1.36. The Morgan fingerprint density at radius 2 is 1.60 bits per heavy atom. The van der Waals surface area contributed by atoms with Crippen molar-refractivity contribution in [3.63, 3.8) is 0 Å². The molecule has 0 fully saturated rings. The molecule has 3 aromatic carbocycles. The lowest BCUT2D eigenvalue weighted by Gasteiger charge is -2.05. The minimum atomic E-state index is -0.400. The number of rotatable bonds is 7. The quantitative estimate of drug-likeness (QED) is 0.208. The molecule has 0 unspecified atom stereocenters. The SMILES string of the molecule is O=C(NN=Cc1sc(Nc2ccccc2)nc1Cl)c1cc(-c2ccccc2)nn1-c1ccccc1. The Bertz CT molecular complexity index is 1470. The van der Waals surface area contributed by atoms with Gasteiger partial charge < -0.3 is 5.32 Å². The number of thiazole rings is 1. The van der Waals surface area contributed by atoms with E-state index in [9.17, 15) is 4.79 Å². The minimum Gasteiger partial charge on any atom is -0.331 e. The van der Waals surface area contributed by atoms with Gasteiger partial charge in [-0.05, 0) is 30.3 Å². The molecule has 0 spiro atoms. The second kappa shape index (κ2) is 10.3. The highest BCUT2D eigenvalue weighted by atomic mass is 35.5. The highest BCUT2D eigenvalue weighted by molar-refractivity contribution is 7.17. The largest absolute Gasteiger partial charge is 0.331 e. The Kier molecular flexibility index (Phi) is 6.65. The fourth-order valence-corrected chi connectivity index (χ4v) is 4.41. The lowest BCUT2D eigenvalue weighted by molar-refractivity contribution is 0.0947. The van der Waals surface area contributed by atoms with E-state index in [1.54, 1.807) is 10.7 Å². The molecule has 5 rings (SSSR count). The second-order valence-corrected chi connectivity index (χ2v) is 8.78. The zero-order valence-electron chi connectivity index (χ0n) is 18.3. The molecular weight excluding hydrogens is 480 g/mol. The van der Waals surface area contributed by atoms with Crippen molar-refractivity contribution >= 4 is 45.9 Å². The first-order valence-electron chi connectivity index (χ1n) is 10.7. The van der Waals surface area contributed by atoms with Crippen molar-refractivity contribution in [3.8, 4) is 16.9 Å². The number of nitrogens with one attached hydrogen (secondary N) is 2. The third-order valence-corrected chi connectivity index (χ3v) is 6.30. The van der Waals surface area contributed by atoms with E-state index in [4.69, 9.17) is 11.6 Å². The van der Waals surface area contributed by atoms with Crippen molar-refractivity contribution < 1.29 is 4.79 Å². The van der Waals surface area contributed by atoms with Gasteiger partial charge in [0.05, 0.1) is 22.5 Å². The molecule has 2 aromatic heterocycles. The molecule has 0 aliphatic rings. The van der Waals surface area contributed by atoms with Crippen LogP contribution in [0.1, 0.15) is 15.4 Å². The van der Waals surface area contributed by atoms with Crippen LogP contribution in [0.5, 0.6) is 0 Å². The summed E-state index contributed by atoms with van der Waals surface area (Å²) in [6, 6.07) is 30.6. The molecule has 2 N–H and O–H groups in total. The number of anilines is 2. The number of benzene rings is 3. The fourth-order valence-electron chi connectivity index (χ4n) is 3.36. The fraction of sp³-hybridized carbons (Fsp3) is 0. The normalized spacial score (nSPS) is 11.0. The molecule has 5 aromatic rings. The van der Waals surface area contributed by atoms with E-state index in [1.165, 1.54) is 17.6 Å². The average molecular weight is 499 g/mol. The maximum atomic E-state index is 13.1. The van der Waals surface area contributed by atoms with Gasteiger partial charge in [-0.2, -0.15) is 10.2 Å². The summed E-state index contributed by atoms with van der Waals surface area (Å²) < 4.78 is 1.61. The number of halogens is 1. The minimum absolute atomic E-state index is 0.298. The van der Waals surface area contributed by atoms with Crippen LogP contribution >= 0.6 is 22.9 Å². The average Bonchev–Trinajstić information content (AvgIpc) is 3.49. The molecular formula is C26H19ClN6OS. The number of carbonyl (C=O) groups excluding carboxylic acids is 1. The van der Waals surface area contributed by atoms with Crippen molar-refractivity contribution in [1.82, 2.24) is 20.2 Å². The maximum absolute atomic E-state index is 13.1. The Morgan fingerprint density at radius 3 is 2.31 bits per heavy atom. The Morgan fingerprint density at radius 1 is 0.943 bits per heavy atom. The lowest BCUT2D eigenvalue weighted by Crippen LogP contribution is -2.21. The summed E-state index contributed by atoms with van der Waals surface area (Å²) in [5, 5.41) is 12.9. The third-order valence-electron chi connectivity index (χ3n) is 4.99. The van der Waals surface area contributed by atoms with Crippen molar-refractivity contribution in [2.24, 2.45) is 5.10 Å². The van der Waals surface area contributed by atoms with E-state index in [-0.39, 0.29) is 0 Å². The van der Waals surface area contributed by atoms with E-state index in [0.29, 0.717) is 26.5 Å². The first-order valence-corrected chi connectivity index (χ1v) is 11.9. The first-order chi connectivity index (χ1) is 17.2. The summed E-state index contributed by atoms with van der Waals surface area (Å²) in [5.41, 5.74) is 6.20. The molecule has 0 aliphatic carbocycles. The molecule has 0 atom stereocenters. The smallest absolute Gasteiger partial charge is 0.290 e. The first kappa shape index (κ1) is 22.5. The van der Waals surface area contributed by atoms with Gasteiger partial charge in [-0.15, -0.1) is 0 Å². The number of amides is 1. The summed E-state index contributed by atoms with van der Waals surface area (Å²) in [4.78, 5) is 18.0. The molecule has 9 heteroatoms. The molecule has 172 valence electrons. The standard InChI is InChI=1S/C26H19ClN6OS/c27-24-23(35-26(30-24)29-19-12-6-2-7-13-19)17-28-31-25(34)22-16-21(18-10-4-1-5-11-18)32-33(22)20-14-8-3-9-15-20/h1-17H,(H,29,30)(H,31,34). The summed E-state index contributed by atoms with van der Waals surface area (Å²) in [6.07, 6.45) is 1.48. The topological polar surface area (TPSA) is 84.2 Å². The van der Waals surface area contributed by atoms with Crippen molar-refractivity contribution in [2.45, 2.75) is 0 Å². The zero-order valence-corrected chi connectivity index (χ0v) is 19.9. The molecule has 2 heterocycles. The van der Waals surface area contributed by atoms with Gasteiger partial charge in [-0.25, -0.2) is 15.1 Å². The van der Waals surface area contributed by atoms with E-state index in [2.05, 4.69) is 25.9 Å². The van der Waals surface area contributed by atoms with E-state index < -0.39 is 5.91 Å². The van der Waals surface area contributed by atoms with Gasteiger partial charge in [0.1, 0.15) is 5.69 Å². The van der Waals surface area contributed by atoms with Crippen LogP contribution in [0.25, 0.3) is 16.9 Å². The van der Waals surface area contributed by atoms with Crippen LogP contribution in [-0.4, -0.2) is 26.9 Å². The van der Waals surface area contributed by atoms with Crippen molar-refractivity contribution in [3.05, 3.63) is 113 Å². The predicted octanol–water partition coefficient (Wildman–Crippen LogP) is 6.16. The molecule has 7 nitrogen and oxygen atoms in total. The zero-order chi connectivity index (χ0) is 24.0. The highest BCUT2D eigenvalue weighted by Gasteiger charge is 2.17. The lowest BCUT2D eigenvalue weighted by atomic mass is 10.1. The highest BCUT2D eigenvalue weighted by Crippen LogP contribution is 2.28. The summed E-state index contributed by atoms with van der Waals surface area (Å²) in [7, 11) is 0. The Labute approximate surface area is 210 Å². The monoisotopic (exact) mass is 498 g/mol. The number of carbonyl (C=O) groups is 1. The summed E-state index contributed by atoms with van der Waals surface area (Å²) in [6.45, 7) is 0. The molecule has 0 aliphatic heterocycles. The molecule has 0 saturated heterocycles. The number of nitrogens with zero attached hydrogens (tertiary/aromatic N) is 4. The van der Waals surface area contributed by atoms with Gasteiger partial charge in [0.2, 0.25) is 0 Å². The van der Waals surface area contributed by atoms with Crippen LogP contribution in [0, 0.1) is 0 Å². The van der Waals surface area contributed by atoms with Gasteiger partial charge >= 0.3 is 0 Å². The van der Waals surface area contributed by atoms with Gasteiger partial charge in [-0.1, -0.05) is 89.7 Å². The van der Waals surface area contributed by atoms with Crippen LogP contribution in [0.4, 0.5) is 10.8 Å². The van der Waals surface area contributed by atoms with Crippen LogP contribution < -0.4 is 10.7 Å². The van der Waals surface area contributed by atoms with Gasteiger partial charge in [0.25, 0.3) is 5.91 Å². The number of hydrogen-bond acceptors (Lipinski definition) is 6. The molecule has 0 bridgehead atoms. The molecule has 0 radical (unpaired) electrons. The number of hydrogen-bond donors (Lipinski definition) is 2.